The summed E-state index contributed by atoms with van der Waals surface area (Å²) in [7, 11) is 0. The Morgan fingerprint density at radius 3 is 2.46 bits per heavy atom. The number of hydrogen-bond acceptors (Lipinski definition) is 1. The third-order valence-electron chi connectivity index (χ3n) is 2.40. The molecule has 0 saturated carbocycles. The third-order valence-corrected chi connectivity index (χ3v) is 2.40. The SMILES string of the molecule is CCCCC(CC)CO[NH2+]CCC. The summed E-state index contributed by atoms with van der Waals surface area (Å²) >= 11 is 0. The van der Waals surface area contributed by atoms with E-state index >= 15 is 0 Å². The summed E-state index contributed by atoms with van der Waals surface area (Å²) in [6.07, 6.45) is 6.41. The van der Waals surface area contributed by atoms with Crippen LogP contribution in [0.15, 0.2) is 0 Å². The van der Waals surface area contributed by atoms with Crippen LogP contribution in [0.4, 0.5) is 0 Å². The van der Waals surface area contributed by atoms with Crippen molar-refractivity contribution in [3.05, 3.63) is 0 Å². The standard InChI is InChI=1S/C11H25NO/c1-4-7-8-11(6-3)10-13-12-9-5-2/h11-12H,4-10H2,1-3H3/p+1. The smallest absolute Gasteiger partial charge is 0.109 e. The maximum atomic E-state index is 5.50. The lowest BCUT2D eigenvalue weighted by molar-refractivity contribution is -0.896. The Bertz CT molecular complexity index is 96.1. The van der Waals surface area contributed by atoms with E-state index in [4.69, 9.17) is 4.84 Å². The molecule has 2 N–H and O–H groups in total. The quantitative estimate of drug-likeness (QED) is 0.435. The minimum Gasteiger partial charge on any atom is -0.206 e. The summed E-state index contributed by atoms with van der Waals surface area (Å²) in [6, 6.07) is 0. The van der Waals surface area contributed by atoms with E-state index in [-0.39, 0.29) is 0 Å². The highest BCUT2D eigenvalue weighted by Gasteiger charge is 2.06. The van der Waals surface area contributed by atoms with Crippen molar-refractivity contribution in [2.24, 2.45) is 5.92 Å². The Kier molecular flexibility index (Phi) is 9.94. The van der Waals surface area contributed by atoms with Crippen LogP contribution in [0.5, 0.6) is 0 Å². The van der Waals surface area contributed by atoms with E-state index in [0.29, 0.717) is 0 Å². The Morgan fingerprint density at radius 2 is 1.92 bits per heavy atom. The Balaban J connectivity index is 3.25. The van der Waals surface area contributed by atoms with Crippen molar-refractivity contribution >= 4 is 0 Å². The molecule has 0 aliphatic heterocycles. The van der Waals surface area contributed by atoms with Crippen molar-refractivity contribution in [1.82, 2.24) is 0 Å². The van der Waals surface area contributed by atoms with Crippen LogP contribution in [-0.4, -0.2) is 13.2 Å². The summed E-state index contributed by atoms with van der Waals surface area (Å²) in [6.45, 7) is 8.69. The Morgan fingerprint density at radius 1 is 1.15 bits per heavy atom. The van der Waals surface area contributed by atoms with Crippen LogP contribution in [0.25, 0.3) is 0 Å². The fourth-order valence-corrected chi connectivity index (χ4v) is 1.30. The lowest BCUT2D eigenvalue weighted by Crippen LogP contribution is -2.83. The Labute approximate surface area is 83.0 Å². The lowest BCUT2D eigenvalue weighted by atomic mass is 10.0. The fourth-order valence-electron chi connectivity index (χ4n) is 1.30. The molecule has 0 bridgehead atoms. The van der Waals surface area contributed by atoms with Crippen LogP contribution in [-0.2, 0) is 4.84 Å². The third kappa shape index (κ3) is 8.26. The van der Waals surface area contributed by atoms with Crippen LogP contribution in [0.3, 0.4) is 0 Å². The summed E-state index contributed by atoms with van der Waals surface area (Å²) in [5.41, 5.74) is 1.97. The monoisotopic (exact) mass is 188 g/mol. The molecule has 0 aromatic heterocycles. The van der Waals surface area contributed by atoms with Crippen LogP contribution < -0.4 is 5.48 Å². The van der Waals surface area contributed by atoms with E-state index in [1.165, 1.54) is 32.1 Å². The van der Waals surface area contributed by atoms with Crippen molar-refractivity contribution in [3.8, 4) is 0 Å². The molecule has 0 aliphatic carbocycles. The topological polar surface area (TPSA) is 25.8 Å². The molecule has 0 rings (SSSR count). The fraction of sp³-hybridized carbons (Fsp3) is 1.00. The molecule has 1 unspecified atom stereocenters. The molecular formula is C11H26NO+. The highest BCUT2D eigenvalue weighted by molar-refractivity contribution is 4.54. The minimum absolute atomic E-state index is 0.771. The highest BCUT2D eigenvalue weighted by Crippen LogP contribution is 2.11. The van der Waals surface area contributed by atoms with Gasteiger partial charge in [0, 0.05) is 0 Å². The molecule has 2 nitrogen and oxygen atoms in total. The van der Waals surface area contributed by atoms with Gasteiger partial charge in [0.2, 0.25) is 0 Å². The average Bonchev–Trinajstić information content (AvgIpc) is 2.17. The summed E-state index contributed by atoms with van der Waals surface area (Å²) < 4.78 is 0. The zero-order valence-electron chi connectivity index (χ0n) is 9.51. The van der Waals surface area contributed by atoms with Gasteiger partial charge in [-0.3, -0.25) is 0 Å². The molecule has 0 fully saturated rings. The van der Waals surface area contributed by atoms with E-state index in [1.807, 2.05) is 5.48 Å². The second-order valence-electron chi connectivity index (χ2n) is 3.71. The van der Waals surface area contributed by atoms with Gasteiger partial charge in [-0.15, -0.1) is 0 Å². The van der Waals surface area contributed by atoms with E-state index in [1.54, 1.807) is 0 Å². The number of nitrogens with two attached hydrogens (primary N) is 1. The van der Waals surface area contributed by atoms with E-state index < -0.39 is 0 Å². The number of hydroxylamine groups is 1. The van der Waals surface area contributed by atoms with Crippen molar-refractivity contribution in [2.75, 3.05) is 13.2 Å². The molecule has 0 saturated heterocycles. The molecular weight excluding hydrogens is 162 g/mol. The van der Waals surface area contributed by atoms with Gasteiger partial charge in [-0.2, -0.15) is 0 Å². The maximum absolute atomic E-state index is 5.50. The molecule has 0 heterocycles. The highest BCUT2D eigenvalue weighted by atomic mass is 16.6. The summed E-state index contributed by atoms with van der Waals surface area (Å²) in [5, 5.41) is 0. The Hall–Kier alpha value is -0.0800. The summed E-state index contributed by atoms with van der Waals surface area (Å²) in [5.74, 6) is 0.771. The first-order valence-corrected chi connectivity index (χ1v) is 5.78. The van der Waals surface area contributed by atoms with Gasteiger partial charge in [0.15, 0.2) is 0 Å². The first kappa shape index (κ1) is 12.9. The molecule has 2 heteroatoms. The molecule has 1 atom stereocenters. The van der Waals surface area contributed by atoms with Crippen molar-refractivity contribution in [1.29, 1.82) is 0 Å². The molecule has 0 aromatic carbocycles. The van der Waals surface area contributed by atoms with Crippen molar-refractivity contribution in [2.45, 2.75) is 52.9 Å². The van der Waals surface area contributed by atoms with Gasteiger partial charge in [0.1, 0.15) is 13.2 Å². The molecule has 0 aromatic rings. The van der Waals surface area contributed by atoms with E-state index in [0.717, 1.165) is 19.1 Å². The van der Waals surface area contributed by atoms with Gasteiger partial charge in [0.05, 0.1) is 0 Å². The molecule has 0 amide bonds. The number of unbranched alkanes of at least 4 members (excludes halogenated alkanes) is 1. The number of hydrogen-bond donors (Lipinski definition) is 1. The predicted octanol–water partition coefficient (Wildman–Crippen LogP) is 2.11. The largest absolute Gasteiger partial charge is 0.206 e. The second kappa shape index (κ2) is 10.0. The average molecular weight is 188 g/mol. The van der Waals surface area contributed by atoms with Gasteiger partial charge in [-0.05, 0) is 18.8 Å². The molecule has 0 spiro atoms. The first-order valence-electron chi connectivity index (χ1n) is 5.78. The normalized spacial score (nSPS) is 13.2. The summed E-state index contributed by atoms with van der Waals surface area (Å²) in [4.78, 5) is 5.50. The minimum atomic E-state index is 0.771. The van der Waals surface area contributed by atoms with Gasteiger partial charge >= 0.3 is 0 Å². The molecule has 0 aliphatic rings. The molecule has 13 heavy (non-hydrogen) atoms. The zero-order valence-corrected chi connectivity index (χ0v) is 9.51. The van der Waals surface area contributed by atoms with Gasteiger partial charge in [-0.1, -0.05) is 40.0 Å². The predicted molar refractivity (Wildman–Crippen MR) is 56.3 cm³/mol. The van der Waals surface area contributed by atoms with E-state index in [2.05, 4.69) is 20.8 Å². The zero-order chi connectivity index (χ0) is 9.94. The van der Waals surface area contributed by atoms with Gasteiger partial charge < -0.3 is 0 Å². The van der Waals surface area contributed by atoms with Crippen LogP contribution in [0.1, 0.15) is 52.9 Å². The maximum Gasteiger partial charge on any atom is 0.109 e. The number of quaternary nitrogens is 1. The lowest BCUT2D eigenvalue weighted by Gasteiger charge is -2.12. The van der Waals surface area contributed by atoms with Crippen LogP contribution in [0.2, 0.25) is 0 Å². The number of rotatable bonds is 9. The van der Waals surface area contributed by atoms with E-state index in [9.17, 15) is 0 Å². The van der Waals surface area contributed by atoms with Crippen LogP contribution in [0, 0.1) is 5.92 Å². The van der Waals surface area contributed by atoms with Crippen molar-refractivity contribution < 1.29 is 10.3 Å². The molecule has 0 radical (unpaired) electrons. The van der Waals surface area contributed by atoms with Gasteiger partial charge in [-0.25, -0.2) is 10.3 Å². The first-order chi connectivity index (χ1) is 6.35. The van der Waals surface area contributed by atoms with Crippen LogP contribution >= 0.6 is 0 Å². The molecule has 80 valence electrons. The second-order valence-corrected chi connectivity index (χ2v) is 3.71. The van der Waals surface area contributed by atoms with Crippen molar-refractivity contribution in [3.63, 3.8) is 0 Å². The van der Waals surface area contributed by atoms with Gasteiger partial charge in [0.25, 0.3) is 0 Å².